The van der Waals surface area contributed by atoms with Gasteiger partial charge in [0.15, 0.2) is 40.7 Å². The van der Waals surface area contributed by atoms with Gasteiger partial charge in [-0.3, -0.25) is 19.2 Å². The molecule has 620 valence electrons. The predicted octanol–water partition coefficient (Wildman–Crippen LogP) is 16.2. The highest BCUT2D eigenvalue weighted by molar-refractivity contribution is 6.32. The van der Waals surface area contributed by atoms with E-state index in [-0.39, 0.29) is 89.3 Å². The lowest BCUT2D eigenvalue weighted by molar-refractivity contribution is -0.148. The van der Waals surface area contributed by atoms with Gasteiger partial charge in [0.2, 0.25) is 23.6 Å². The number of carbonyl (C=O) groups excluding carboxylic acids is 4. The first kappa shape index (κ1) is 82.0. The Morgan fingerprint density at radius 1 is 0.535 bits per heavy atom. The normalized spacial score (nSPS) is 14.6. The minimum atomic E-state index is -4.59. The second-order valence-electron chi connectivity index (χ2n) is 28.5. The van der Waals surface area contributed by atoms with Crippen LogP contribution in [0.15, 0.2) is 111 Å². The molecule has 12 aromatic heterocycles. The number of H-pyrrole nitrogens is 4. The topological polar surface area (TPSA) is 380 Å². The summed E-state index contributed by atoms with van der Waals surface area (Å²) in [5, 5.41) is 22.8. The lowest BCUT2D eigenvalue weighted by atomic mass is 9.75. The summed E-state index contributed by atoms with van der Waals surface area (Å²) in [6, 6.07) is 10.3. The third-order valence-electron chi connectivity index (χ3n) is 18.3. The number of hydrogen-bond donors (Lipinski definition) is 11. The average molecular weight is 1660 g/mol. The van der Waals surface area contributed by atoms with Gasteiger partial charge in [-0.2, -0.15) is 26.3 Å². The van der Waals surface area contributed by atoms with Gasteiger partial charge in [0, 0.05) is 147 Å². The SMILES string of the molecule is CC(C)(Nc1ccnc(-c2c[nH]c3ncc(Cl)cc23)n1)C(=O)NC1CC1.CC(C)(Nc1nc(-c2c[nH]c3ncc(F)cc23)ncc1F)C(=O)NCC(F)(F)F.CC(C)[C@@H](Nc1ccnc(-c2c[nH]c3ncc(Cl)cc23)n1)C(=O)NC1CC1.O=C(NCC(F)(F)F)C1(Cc2nc(-c3c[nH]c4ncc(Cl)cc34)ncc2F)CCOCC1.[HH].[HH].[HH].[HH].[HH].[HH].[HH].[HH].[HH].[HH].[HH]. The molecule has 114 heavy (non-hydrogen) atoms. The Bertz CT molecular complexity index is 5570. The summed E-state index contributed by atoms with van der Waals surface area (Å²) in [7, 11) is 0. The maximum absolute atomic E-state index is 14.6. The Labute approximate surface area is 673 Å². The van der Waals surface area contributed by atoms with E-state index in [2.05, 4.69) is 106 Å². The molecule has 0 radical (unpaired) electrons. The number of aromatic amines is 4. The molecule has 0 spiro atoms. The standard InChI is InChI=1S/C20H18ClF4N5O2.C19H21ClN6O.C18H19ClN6O.C17H15F5N6O.11H2/c21-11-5-12-13(8-27-16(12)26-7-11)17-28-9-14(22)15(30-17)6-19(1-3-32-4-2-19)18(31)29-10-20(23,24)25;1-10(2)16(19(27)24-12-3-4-12)25-15-5-6-21-18(26-15)14-9-23-17-13(14)7-11(20)8-22-17;1-18(2,17(26)23-11-3-4-11)25-14-5-6-20-16(24-14)13-9-22-15-12(13)7-10(19)8-21-15;1-16(2,15(29)26-7-17(20,21)22)28-14-11(19)6-25-13(27-14)10-5-24-12-9(10)3-8(18)4-23-12;;;;;;;;;;;/h5,7-9H,1-4,6,10H2,(H,26,27)(H,29,31);5-10,12,16H,3-4H2,1-2H3,(H,22,23)(H,24,27)(H,21,25,26);5-9,11H,3-4H2,1-2H3,(H,21,22)(H,23,26)(H,20,24,25);3-6H,7H2,1-2H3,(H,23,24)(H,26,29)(H,25,27,28);11*1H/t;16-;;;;;;;;;;;;;/m.1............./s1. The van der Waals surface area contributed by atoms with Gasteiger partial charge in [-0.25, -0.2) is 73.0 Å². The van der Waals surface area contributed by atoms with Gasteiger partial charge in [0.25, 0.3) is 0 Å². The fraction of sp³-hybridized carbons (Fsp3) is 0.351. The lowest BCUT2D eigenvalue weighted by Gasteiger charge is -2.35. The lowest BCUT2D eigenvalue weighted by Crippen LogP contribution is -2.50. The second-order valence-corrected chi connectivity index (χ2v) is 29.8. The molecule has 2 aliphatic carbocycles. The van der Waals surface area contributed by atoms with Crippen molar-refractivity contribution in [2.24, 2.45) is 11.3 Å². The van der Waals surface area contributed by atoms with Crippen LogP contribution < -0.4 is 37.2 Å². The van der Waals surface area contributed by atoms with Crippen LogP contribution >= 0.6 is 34.8 Å². The van der Waals surface area contributed by atoms with E-state index in [4.69, 9.17) is 39.5 Å². The number of amides is 4. The molecule has 0 bridgehead atoms. The fourth-order valence-corrected chi connectivity index (χ4v) is 12.4. The minimum Gasteiger partial charge on any atom is -0.381 e. The number of nitrogens with zero attached hydrogens (tertiary/aromatic N) is 12. The zero-order valence-electron chi connectivity index (χ0n) is 61.4. The minimum absolute atomic E-state index is 0. The number of aromatic nitrogens is 16. The van der Waals surface area contributed by atoms with Crippen molar-refractivity contribution in [1.82, 2.24) is 101 Å². The van der Waals surface area contributed by atoms with Crippen LogP contribution in [-0.4, -0.2) is 171 Å². The van der Waals surface area contributed by atoms with Crippen molar-refractivity contribution in [2.45, 2.75) is 128 Å². The van der Waals surface area contributed by atoms with E-state index in [1.165, 1.54) is 32.3 Å². The Morgan fingerprint density at radius 3 is 1.47 bits per heavy atom. The Balaban J connectivity index is 0.000000811. The molecule has 1 aliphatic heterocycles. The van der Waals surface area contributed by atoms with Crippen LogP contribution in [0, 0.1) is 28.8 Å². The number of halogens is 12. The zero-order chi connectivity index (χ0) is 81.6. The molecule has 12 aromatic rings. The Kier molecular flexibility index (Phi) is 24.5. The van der Waals surface area contributed by atoms with Crippen molar-refractivity contribution in [2.75, 3.05) is 42.3 Å². The van der Waals surface area contributed by atoms with Crippen molar-refractivity contribution in [3.8, 4) is 45.6 Å². The summed E-state index contributed by atoms with van der Waals surface area (Å²) in [6.07, 6.45) is 12.7. The third-order valence-corrected chi connectivity index (χ3v) is 18.9. The molecular weight excluding hydrogens is 1570 g/mol. The highest BCUT2D eigenvalue weighted by atomic mass is 35.5. The predicted molar refractivity (Wildman–Crippen MR) is 431 cm³/mol. The number of carbonyl (C=O) groups is 4. The molecule has 15 rings (SSSR count). The molecule has 1 saturated heterocycles. The number of nitrogens with one attached hydrogen (secondary N) is 11. The highest BCUT2D eigenvalue weighted by Gasteiger charge is 2.43. The molecule has 1 atom stereocenters. The smallest absolute Gasteiger partial charge is 0.381 e. The molecule has 0 unspecified atom stereocenters. The third kappa shape index (κ3) is 20.7. The zero-order valence-corrected chi connectivity index (χ0v) is 63.7. The van der Waals surface area contributed by atoms with Crippen molar-refractivity contribution in [3.05, 3.63) is 149 Å². The van der Waals surface area contributed by atoms with Gasteiger partial charge < -0.3 is 61.9 Å². The van der Waals surface area contributed by atoms with Gasteiger partial charge in [-0.1, -0.05) is 48.7 Å². The van der Waals surface area contributed by atoms with Crippen molar-refractivity contribution < 1.29 is 79.1 Å². The van der Waals surface area contributed by atoms with Crippen molar-refractivity contribution >= 4 is 120 Å². The number of hydrogen-bond acceptors (Lipinski definition) is 20. The molecule has 0 aromatic carbocycles. The summed E-state index contributed by atoms with van der Waals surface area (Å²) < 4.78 is 122. The second kappa shape index (κ2) is 34.1. The molecule has 11 N–H and O–H groups in total. The first-order chi connectivity index (χ1) is 54.1. The summed E-state index contributed by atoms with van der Waals surface area (Å²) in [5.41, 5.74) is 1.06. The summed E-state index contributed by atoms with van der Waals surface area (Å²) in [4.78, 5) is 112. The van der Waals surface area contributed by atoms with Gasteiger partial charge >= 0.3 is 12.4 Å². The first-order valence-corrected chi connectivity index (χ1v) is 36.6. The van der Waals surface area contributed by atoms with E-state index in [0.717, 1.165) is 77.5 Å². The van der Waals surface area contributed by atoms with Crippen LogP contribution in [0.25, 0.3) is 89.7 Å². The van der Waals surface area contributed by atoms with Gasteiger partial charge in [-0.15, -0.1) is 0 Å². The Morgan fingerprint density at radius 2 is 0.974 bits per heavy atom. The average Bonchev–Trinajstić information content (AvgIpc) is 1.78. The highest BCUT2D eigenvalue weighted by Crippen LogP contribution is 2.38. The van der Waals surface area contributed by atoms with E-state index >= 15 is 0 Å². The van der Waals surface area contributed by atoms with E-state index in [1.54, 1.807) is 60.7 Å². The quantitative estimate of drug-likeness (QED) is 0.0298. The number of fused-ring (bicyclic) bond motifs is 4. The summed E-state index contributed by atoms with van der Waals surface area (Å²) >= 11 is 18.2. The van der Waals surface area contributed by atoms with E-state index in [0.29, 0.717) is 83.6 Å². The van der Waals surface area contributed by atoms with Crippen LogP contribution in [-0.2, 0) is 30.3 Å². The van der Waals surface area contributed by atoms with Crippen LogP contribution in [0.1, 0.15) is 101 Å². The molecular formula is C74H95Cl3F9N23O5. The number of pyridine rings is 4. The molecule has 13 heterocycles. The number of ether oxygens (including phenoxy) is 1. The van der Waals surface area contributed by atoms with Crippen LogP contribution in [0.4, 0.5) is 57.0 Å². The van der Waals surface area contributed by atoms with Crippen LogP contribution in [0.2, 0.25) is 15.1 Å². The molecule has 2 saturated carbocycles. The molecule has 40 heteroatoms. The van der Waals surface area contributed by atoms with Crippen molar-refractivity contribution in [3.63, 3.8) is 0 Å². The number of anilines is 3. The monoisotopic (exact) mass is 1660 g/mol. The van der Waals surface area contributed by atoms with E-state index < -0.39 is 77.0 Å². The molecule has 28 nitrogen and oxygen atoms in total. The molecule has 3 fully saturated rings. The Hall–Kier alpha value is -11.4. The van der Waals surface area contributed by atoms with Gasteiger partial charge in [0.05, 0.1) is 44.8 Å². The van der Waals surface area contributed by atoms with Crippen LogP contribution in [0.5, 0.6) is 0 Å². The van der Waals surface area contributed by atoms with Gasteiger partial charge in [-0.05, 0) is 109 Å². The molecule has 3 aliphatic rings. The fourth-order valence-electron chi connectivity index (χ4n) is 11.9. The number of alkyl halides is 6. The van der Waals surface area contributed by atoms with E-state index in [9.17, 15) is 58.7 Å². The summed E-state index contributed by atoms with van der Waals surface area (Å²) in [5.74, 6) is -1.95. The summed E-state index contributed by atoms with van der Waals surface area (Å²) in [6.45, 7) is 7.59. The van der Waals surface area contributed by atoms with Crippen LogP contribution in [0.3, 0.4) is 0 Å². The molecule has 4 amide bonds. The largest absolute Gasteiger partial charge is 0.405 e. The number of rotatable bonds is 21. The maximum atomic E-state index is 14.6. The maximum Gasteiger partial charge on any atom is 0.405 e. The van der Waals surface area contributed by atoms with Crippen molar-refractivity contribution in [1.29, 1.82) is 0 Å². The van der Waals surface area contributed by atoms with Gasteiger partial charge in [0.1, 0.15) is 70.3 Å². The first-order valence-electron chi connectivity index (χ1n) is 35.5. The van der Waals surface area contributed by atoms with E-state index in [1.807, 2.05) is 51.3 Å².